The number of rotatable bonds is 7. The van der Waals surface area contributed by atoms with E-state index in [9.17, 15) is 9.59 Å². The summed E-state index contributed by atoms with van der Waals surface area (Å²) >= 11 is 1.30. The molecule has 7 nitrogen and oxygen atoms in total. The summed E-state index contributed by atoms with van der Waals surface area (Å²) in [5.74, 6) is 1.85. The standard InChI is InChI=1S/C19H24N4O3S/c1-13-7-17(22-26-13)21-18(24)11-27-12-19(25)23-9-15(8-20)16(10-23)14-5-3-2-4-6-14/h2-7,15-16H,8-12,20H2,1H3,(H,21,22,24)/t15-,16+/m1/s1. The lowest BCUT2D eigenvalue weighted by atomic mass is 9.89. The number of nitrogens with one attached hydrogen (secondary N) is 1. The van der Waals surface area contributed by atoms with Crippen LogP contribution in [-0.2, 0) is 9.59 Å². The Bertz CT molecular complexity index is 780. The Morgan fingerprint density at radius 1 is 1.30 bits per heavy atom. The average Bonchev–Trinajstić information content (AvgIpc) is 3.28. The number of thioether (sulfide) groups is 1. The molecule has 0 aliphatic carbocycles. The van der Waals surface area contributed by atoms with Crippen LogP contribution in [0.1, 0.15) is 17.2 Å². The smallest absolute Gasteiger partial charge is 0.235 e. The molecule has 0 saturated carbocycles. The molecule has 2 aromatic rings. The fraction of sp³-hybridized carbons (Fsp3) is 0.421. The summed E-state index contributed by atoms with van der Waals surface area (Å²) in [5.41, 5.74) is 7.15. The highest BCUT2D eigenvalue weighted by atomic mass is 32.2. The summed E-state index contributed by atoms with van der Waals surface area (Å²) in [6, 6.07) is 11.8. The van der Waals surface area contributed by atoms with E-state index < -0.39 is 0 Å². The van der Waals surface area contributed by atoms with Crippen LogP contribution >= 0.6 is 11.8 Å². The van der Waals surface area contributed by atoms with Crippen molar-refractivity contribution in [3.05, 3.63) is 47.7 Å². The minimum absolute atomic E-state index is 0.0435. The van der Waals surface area contributed by atoms with Crippen molar-refractivity contribution in [2.45, 2.75) is 12.8 Å². The van der Waals surface area contributed by atoms with Gasteiger partial charge in [-0.25, -0.2) is 0 Å². The summed E-state index contributed by atoms with van der Waals surface area (Å²) in [5, 5.41) is 6.36. The normalized spacial score (nSPS) is 19.3. The molecule has 3 rings (SSSR count). The highest BCUT2D eigenvalue weighted by molar-refractivity contribution is 8.00. The predicted molar refractivity (Wildman–Crippen MR) is 106 cm³/mol. The third-order valence-corrected chi connectivity index (χ3v) is 5.60. The summed E-state index contributed by atoms with van der Waals surface area (Å²) in [7, 11) is 0. The van der Waals surface area contributed by atoms with Crippen molar-refractivity contribution < 1.29 is 14.1 Å². The lowest BCUT2D eigenvalue weighted by molar-refractivity contribution is -0.127. The number of carbonyl (C=O) groups is 2. The zero-order valence-electron chi connectivity index (χ0n) is 15.3. The van der Waals surface area contributed by atoms with Gasteiger partial charge in [0.1, 0.15) is 5.76 Å². The van der Waals surface area contributed by atoms with Gasteiger partial charge in [-0.1, -0.05) is 35.5 Å². The maximum Gasteiger partial charge on any atom is 0.235 e. The van der Waals surface area contributed by atoms with Gasteiger partial charge >= 0.3 is 0 Å². The number of hydrogen-bond acceptors (Lipinski definition) is 6. The number of aromatic nitrogens is 1. The molecule has 0 radical (unpaired) electrons. The molecule has 2 atom stereocenters. The van der Waals surface area contributed by atoms with E-state index in [1.54, 1.807) is 13.0 Å². The first-order valence-corrected chi connectivity index (χ1v) is 10.1. The lowest BCUT2D eigenvalue weighted by Gasteiger charge is -2.16. The quantitative estimate of drug-likeness (QED) is 0.751. The van der Waals surface area contributed by atoms with Crippen LogP contribution in [0.3, 0.4) is 0 Å². The molecule has 1 aliphatic rings. The van der Waals surface area contributed by atoms with Crippen LogP contribution in [0.25, 0.3) is 0 Å². The Morgan fingerprint density at radius 3 is 2.74 bits per heavy atom. The summed E-state index contributed by atoms with van der Waals surface area (Å²) in [6.07, 6.45) is 0. The third kappa shape index (κ3) is 5.11. The highest BCUT2D eigenvalue weighted by Gasteiger charge is 2.35. The van der Waals surface area contributed by atoms with Gasteiger partial charge in [-0.05, 0) is 24.9 Å². The van der Waals surface area contributed by atoms with Gasteiger partial charge in [0.05, 0.1) is 11.5 Å². The second-order valence-corrected chi connectivity index (χ2v) is 7.66. The number of hydrogen-bond donors (Lipinski definition) is 2. The van der Waals surface area contributed by atoms with Crippen LogP contribution in [0.15, 0.2) is 40.9 Å². The molecular formula is C19H24N4O3S. The average molecular weight is 388 g/mol. The van der Waals surface area contributed by atoms with E-state index in [4.69, 9.17) is 10.3 Å². The summed E-state index contributed by atoms with van der Waals surface area (Å²) in [6.45, 7) is 3.65. The molecule has 0 bridgehead atoms. The topological polar surface area (TPSA) is 101 Å². The van der Waals surface area contributed by atoms with Crippen molar-refractivity contribution in [3.8, 4) is 0 Å². The first kappa shape index (κ1) is 19.4. The molecule has 2 heterocycles. The van der Waals surface area contributed by atoms with Gasteiger partial charge in [-0.15, -0.1) is 11.8 Å². The number of likely N-dealkylation sites (tertiary alicyclic amines) is 1. The maximum atomic E-state index is 12.5. The number of amides is 2. The Balaban J connectivity index is 1.46. The molecular weight excluding hydrogens is 364 g/mol. The molecule has 0 unspecified atom stereocenters. The molecule has 27 heavy (non-hydrogen) atoms. The molecule has 1 aliphatic heterocycles. The van der Waals surface area contributed by atoms with Crippen molar-refractivity contribution in [3.63, 3.8) is 0 Å². The van der Waals surface area contributed by atoms with Crippen LogP contribution in [0.2, 0.25) is 0 Å². The van der Waals surface area contributed by atoms with Gasteiger partial charge in [-0.2, -0.15) is 0 Å². The minimum atomic E-state index is -0.204. The number of anilines is 1. The van der Waals surface area contributed by atoms with Gasteiger partial charge in [0.25, 0.3) is 0 Å². The van der Waals surface area contributed by atoms with Crippen molar-refractivity contribution >= 4 is 29.4 Å². The van der Waals surface area contributed by atoms with Crippen LogP contribution in [-0.4, -0.2) is 53.0 Å². The van der Waals surface area contributed by atoms with Gasteiger partial charge in [0.15, 0.2) is 5.82 Å². The van der Waals surface area contributed by atoms with Crippen LogP contribution < -0.4 is 11.1 Å². The molecule has 1 aromatic heterocycles. The molecule has 2 amide bonds. The van der Waals surface area contributed by atoms with Crippen LogP contribution in [0.5, 0.6) is 0 Å². The van der Waals surface area contributed by atoms with E-state index in [1.165, 1.54) is 17.3 Å². The highest BCUT2D eigenvalue weighted by Crippen LogP contribution is 2.32. The van der Waals surface area contributed by atoms with Crippen molar-refractivity contribution in [2.75, 3.05) is 36.5 Å². The van der Waals surface area contributed by atoms with Gasteiger partial charge < -0.3 is 20.5 Å². The third-order valence-electron chi connectivity index (χ3n) is 4.68. The van der Waals surface area contributed by atoms with E-state index in [-0.39, 0.29) is 35.2 Å². The fourth-order valence-electron chi connectivity index (χ4n) is 3.32. The molecule has 144 valence electrons. The molecule has 1 fully saturated rings. The number of benzene rings is 1. The second kappa shape index (κ2) is 9.05. The Labute approximate surface area is 162 Å². The zero-order valence-corrected chi connectivity index (χ0v) is 16.1. The first-order valence-electron chi connectivity index (χ1n) is 8.90. The van der Waals surface area contributed by atoms with Crippen LogP contribution in [0, 0.1) is 12.8 Å². The molecule has 1 aromatic carbocycles. The second-order valence-electron chi connectivity index (χ2n) is 6.68. The number of aryl methyl sites for hydroxylation is 1. The van der Waals surface area contributed by atoms with E-state index in [2.05, 4.69) is 22.6 Å². The van der Waals surface area contributed by atoms with E-state index in [1.807, 2.05) is 23.1 Å². The lowest BCUT2D eigenvalue weighted by Crippen LogP contribution is -2.31. The van der Waals surface area contributed by atoms with Gasteiger partial charge in [0, 0.05) is 25.1 Å². The SMILES string of the molecule is Cc1cc(NC(=O)CSCC(=O)N2C[C@@H](CN)[C@H](c3ccccc3)C2)no1. The van der Waals surface area contributed by atoms with Gasteiger partial charge in [0.2, 0.25) is 11.8 Å². The maximum absolute atomic E-state index is 12.5. The fourth-order valence-corrected chi connectivity index (χ4v) is 4.03. The number of nitrogens with zero attached hydrogens (tertiary/aromatic N) is 2. The van der Waals surface area contributed by atoms with E-state index >= 15 is 0 Å². The van der Waals surface area contributed by atoms with Crippen LogP contribution in [0.4, 0.5) is 5.82 Å². The first-order chi connectivity index (χ1) is 13.1. The number of carbonyl (C=O) groups excluding carboxylic acids is 2. The van der Waals surface area contributed by atoms with Crippen molar-refractivity contribution in [2.24, 2.45) is 11.7 Å². The van der Waals surface area contributed by atoms with Crippen molar-refractivity contribution in [1.82, 2.24) is 10.1 Å². The van der Waals surface area contributed by atoms with E-state index in [0.29, 0.717) is 31.2 Å². The predicted octanol–water partition coefficient (Wildman–Crippen LogP) is 1.86. The summed E-state index contributed by atoms with van der Waals surface area (Å²) < 4.78 is 4.90. The van der Waals surface area contributed by atoms with E-state index in [0.717, 1.165) is 0 Å². The Hall–Kier alpha value is -2.32. The molecule has 1 saturated heterocycles. The molecule has 0 spiro atoms. The van der Waals surface area contributed by atoms with Crippen molar-refractivity contribution in [1.29, 1.82) is 0 Å². The monoisotopic (exact) mass is 388 g/mol. The Morgan fingerprint density at radius 2 is 2.07 bits per heavy atom. The zero-order chi connectivity index (χ0) is 19.2. The number of nitrogens with two attached hydrogens (primary N) is 1. The largest absolute Gasteiger partial charge is 0.360 e. The molecule has 3 N–H and O–H groups in total. The minimum Gasteiger partial charge on any atom is -0.360 e. The van der Waals surface area contributed by atoms with Gasteiger partial charge in [-0.3, -0.25) is 9.59 Å². The summed E-state index contributed by atoms with van der Waals surface area (Å²) in [4.78, 5) is 26.3. The molecule has 8 heteroatoms. The Kier molecular flexibility index (Phi) is 6.52.